The summed E-state index contributed by atoms with van der Waals surface area (Å²) in [5, 5.41) is 9.70. The van der Waals surface area contributed by atoms with Crippen LogP contribution in [-0.4, -0.2) is 32.5 Å². The molecule has 0 aliphatic carbocycles. The molecule has 0 aliphatic heterocycles. The van der Waals surface area contributed by atoms with Gasteiger partial charge in [-0.15, -0.1) is 0 Å². The smallest absolute Gasteiger partial charge is 0.184 e. The average molecular weight is 273 g/mol. The van der Waals surface area contributed by atoms with E-state index >= 15 is 0 Å². The number of benzene rings is 1. The molecule has 1 unspecified atom stereocenters. The Morgan fingerprint density at radius 3 is 2.50 bits per heavy atom. The van der Waals surface area contributed by atoms with Crippen LogP contribution in [0.25, 0.3) is 0 Å². The lowest BCUT2D eigenvalue weighted by atomic mass is 10.1. The Labute approximate surface area is 107 Å². The highest BCUT2D eigenvalue weighted by molar-refractivity contribution is 7.91. The zero-order valence-corrected chi connectivity index (χ0v) is 11.6. The molecule has 0 fully saturated rings. The molecule has 1 rings (SSSR count). The molecule has 0 amide bonds. The second-order valence-electron chi connectivity index (χ2n) is 4.50. The van der Waals surface area contributed by atoms with Crippen LogP contribution in [0, 0.1) is 5.92 Å². The molecule has 1 aromatic carbocycles. The molecule has 0 saturated carbocycles. The van der Waals surface area contributed by atoms with Crippen molar-refractivity contribution >= 4 is 15.5 Å². The topological polar surface area (TPSA) is 89.6 Å². The Balaban J connectivity index is 3.12. The van der Waals surface area contributed by atoms with Crippen LogP contribution < -0.4 is 10.5 Å². The first-order valence-electron chi connectivity index (χ1n) is 5.62. The molecule has 0 bridgehead atoms. The molecule has 0 aromatic heterocycles. The maximum Gasteiger partial charge on any atom is 0.184 e. The number of nitrogen functional groups attached to an aromatic ring is 1. The van der Waals surface area contributed by atoms with Gasteiger partial charge in [-0.1, -0.05) is 13.8 Å². The summed E-state index contributed by atoms with van der Waals surface area (Å²) in [6.07, 6.45) is -0.905. The molecular weight excluding hydrogens is 254 g/mol. The van der Waals surface area contributed by atoms with E-state index in [1.165, 1.54) is 25.3 Å². The lowest BCUT2D eigenvalue weighted by Crippen LogP contribution is -2.26. The summed E-state index contributed by atoms with van der Waals surface area (Å²) in [5.74, 6) is -0.254. The highest BCUT2D eigenvalue weighted by Gasteiger charge is 2.25. The number of rotatable bonds is 5. The number of aliphatic hydroxyl groups is 1. The Morgan fingerprint density at radius 1 is 1.39 bits per heavy atom. The number of methoxy groups -OCH3 is 1. The molecule has 1 aromatic rings. The highest BCUT2D eigenvalue weighted by atomic mass is 32.2. The molecule has 3 N–H and O–H groups in total. The van der Waals surface area contributed by atoms with Gasteiger partial charge in [0.15, 0.2) is 9.84 Å². The number of hydrogen-bond donors (Lipinski definition) is 2. The predicted octanol–water partition coefficient (Wildman–Crippen LogP) is 1.07. The molecule has 0 heterocycles. The van der Waals surface area contributed by atoms with Gasteiger partial charge >= 0.3 is 0 Å². The van der Waals surface area contributed by atoms with E-state index in [1.807, 2.05) is 0 Å². The van der Waals surface area contributed by atoms with E-state index in [1.54, 1.807) is 13.8 Å². The van der Waals surface area contributed by atoms with E-state index in [2.05, 4.69) is 0 Å². The van der Waals surface area contributed by atoms with Crippen molar-refractivity contribution in [3.8, 4) is 5.75 Å². The van der Waals surface area contributed by atoms with Crippen LogP contribution in [-0.2, 0) is 9.84 Å². The van der Waals surface area contributed by atoms with Gasteiger partial charge < -0.3 is 15.6 Å². The van der Waals surface area contributed by atoms with Crippen molar-refractivity contribution in [3.05, 3.63) is 18.2 Å². The van der Waals surface area contributed by atoms with Crippen molar-refractivity contribution in [2.45, 2.75) is 24.8 Å². The minimum absolute atomic E-state index is 0.0545. The fraction of sp³-hybridized carbons (Fsp3) is 0.500. The standard InChI is InChI=1S/C12H19NO4S/c1-8(2)10(14)7-18(15,16)12-5-4-9(13)6-11(12)17-3/h4-6,8,10,14H,7,13H2,1-3H3. The molecule has 18 heavy (non-hydrogen) atoms. The van der Waals surface area contributed by atoms with Gasteiger partial charge in [0.25, 0.3) is 0 Å². The summed E-state index contributed by atoms with van der Waals surface area (Å²) in [7, 11) is -2.21. The molecule has 1 atom stereocenters. The van der Waals surface area contributed by atoms with Crippen LogP contribution in [0.1, 0.15) is 13.8 Å². The van der Waals surface area contributed by atoms with E-state index in [-0.39, 0.29) is 22.3 Å². The van der Waals surface area contributed by atoms with Crippen LogP contribution in [0.4, 0.5) is 5.69 Å². The monoisotopic (exact) mass is 273 g/mol. The number of anilines is 1. The van der Waals surface area contributed by atoms with E-state index in [9.17, 15) is 13.5 Å². The van der Waals surface area contributed by atoms with E-state index in [4.69, 9.17) is 10.5 Å². The normalized spacial score (nSPS) is 13.6. The summed E-state index contributed by atoms with van der Waals surface area (Å²) < 4.78 is 29.3. The summed E-state index contributed by atoms with van der Waals surface area (Å²) in [6, 6.07) is 4.35. The van der Waals surface area contributed by atoms with Crippen molar-refractivity contribution in [1.29, 1.82) is 0 Å². The first-order valence-corrected chi connectivity index (χ1v) is 7.27. The third kappa shape index (κ3) is 3.36. The fourth-order valence-electron chi connectivity index (χ4n) is 1.45. The number of hydrogen-bond acceptors (Lipinski definition) is 5. The van der Waals surface area contributed by atoms with E-state index < -0.39 is 15.9 Å². The maximum absolute atomic E-state index is 12.2. The molecule has 0 saturated heterocycles. The van der Waals surface area contributed by atoms with Crippen molar-refractivity contribution in [2.24, 2.45) is 5.92 Å². The number of ether oxygens (including phenoxy) is 1. The van der Waals surface area contributed by atoms with Crippen molar-refractivity contribution in [2.75, 3.05) is 18.6 Å². The van der Waals surface area contributed by atoms with Gasteiger partial charge in [-0.05, 0) is 18.1 Å². The van der Waals surface area contributed by atoms with Crippen LogP contribution in [0.3, 0.4) is 0 Å². The van der Waals surface area contributed by atoms with E-state index in [0.29, 0.717) is 5.69 Å². The lowest BCUT2D eigenvalue weighted by molar-refractivity contribution is 0.147. The van der Waals surface area contributed by atoms with Crippen LogP contribution >= 0.6 is 0 Å². The minimum atomic E-state index is -3.59. The fourth-order valence-corrected chi connectivity index (χ4v) is 3.19. The van der Waals surface area contributed by atoms with Crippen molar-refractivity contribution < 1.29 is 18.3 Å². The first kappa shape index (κ1) is 14.8. The largest absolute Gasteiger partial charge is 0.495 e. The molecule has 5 nitrogen and oxygen atoms in total. The summed E-state index contributed by atoms with van der Waals surface area (Å²) >= 11 is 0. The number of sulfone groups is 1. The lowest BCUT2D eigenvalue weighted by Gasteiger charge is -2.16. The van der Waals surface area contributed by atoms with Crippen LogP contribution in [0.5, 0.6) is 5.75 Å². The zero-order chi connectivity index (χ0) is 13.9. The Morgan fingerprint density at radius 2 is 2.00 bits per heavy atom. The van der Waals surface area contributed by atoms with Gasteiger partial charge in [-0.3, -0.25) is 0 Å². The van der Waals surface area contributed by atoms with Crippen LogP contribution in [0.2, 0.25) is 0 Å². The summed E-state index contributed by atoms with van der Waals surface area (Å²) in [5.41, 5.74) is 6.00. The predicted molar refractivity (Wildman–Crippen MR) is 70.3 cm³/mol. The molecule has 102 valence electrons. The Hall–Kier alpha value is -1.27. The molecule has 0 aliphatic rings. The number of nitrogens with two attached hydrogens (primary N) is 1. The van der Waals surface area contributed by atoms with Gasteiger partial charge in [-0.2, -0.15) is 0 Å². The van der Waals surface area contributed by atoms with E-state index in [0.717, 1.165) is 0 Å². The SMILES string of the molecule is COc1cc(N)ccc1S(=O)(=O)CC(O)C(C)C. The molecule has 0 radical (unpaired) electrons. The van der Waals surface area contributed by atoms with Gasteiger partial charge in [0.05, 0.1) is 19.0 Å². The molecule has 0 spiro atoms. The molecular formula is C12H19NO4S. The summed E-state index contributed by atoms with van der Waals surface area (Å²) in [4.78, 5) is 0.0545. The Kier molecular flexibility index (Phi) is 4.59. The van der Waals surface area contributed by atoms with Crippen LogP contribution in [0.15, 0.2) is 23.1 Å². The van der Waals surface area contributed by atoms with Crippen molar-refractivity contribution in [1.82, 2.24) is 0 Å². The second-order valence-corrected chi connectivity index (χ2v) is 6.51. The average Bonchev–Trinajstić information content (AvgIpc) is 2.27. The van der Waals surface area contributed by atoms with Gasteiger partial charge in [0.2, 0.25) is 0 Å². The third-order valence-electron chi connectivity index (χ3n) is 2.68. The minimum Gasteiger partial charge on any atom is -0.495 e. The van der Waals surface area contributed by atoms with Gasteiger partial charge in [-0.25, -0.2) is 8.42 Å². The number of aliphatic hydroxyl groups excluding tert-OH is 1. The zero-order valence-electron chi connectivity index (χ0n) is 10.8. The highest BCUT2D eigenvalue weighted by Crippen LogP contribution is 2.27. The Bertz CT molecular complexity index is 511. The quantitative estimate of drug-likeness (QED) is 0.783. The summed E-state index contributed by atoms with van der Waals surface area (Å²) in [6.45, 7) is 3.53. The van der Waals surface area contributed by atoms with Crippen molar-refractivity contribution in [3.63, 3.8) is 0 Å². The maximum atomic E-state index is 12.2. The van der Waals surface area contributed by atoms with Gasteiger partial charge in [0, 0.05) is 11.8 Å². The third-order valence-corrected chi connectivity index (χ3v) is 4.47. The second kappa shape index (κ2) is 5.58. The first-order chi connectivity index (χ1) is 8.27. The molecule has 6 heteroatoms. The van der Waals surface area contributed by atoms with Gasteiger partial charge in [0.1, 0.15) is 10.6 Å².